The molecule has 31 heavy (non-hydrogen) atoms. The largest absolute Gasteiger partial charge is 0.494 e. The van der Waals surface area contributed by atoms with E-state index < -0.39 is 0 Å². The Morgan fingerprint density at radius 2 is 1.29 bits per heavy atom. The Labute approximate surface area is 190 Å². The topological polar surface area (TPSA) is 56.5 Å². The van der Waals surface area contributed by atoms with E-state index in [0.29, 0.717) is 6.61 Å². The molecule has 162 valence electrons. The van der Waals surface area contributed by atoms with Gasteiger partial charge in [0.05, 0.1) is 13.2 Å². The van der Waals surface area contributed by atoms with E-state index in [9.17, 15) is 0 Å². The Kier molecular flexibility index (Phi) is 9.20. The lowest BCUT2D eigenvalue weighted by atomic mass is 10.1. The first-order chi connectivity index (χ1) is 15.2. The smallest absolute Gasteiger partial charge is 0.168 e. The maximum absolute atomic E-state index is 5.87. The maximum atomic E-state index is 5.87. The van der Waals surface area contributed by atoms with Gasteiger partial charge >= 0.3 is 0 Å². The van der Waals surface area contributed by atoms with Gasteiger partial charge in [0.1, 0.15) is 11.5 Å². The minimum Gasteiger partial charge on any atom is -0.494 e. The van der Waals surface area contributed by atoms with Crippen LogP contribution in [-0.4, -0.2) is 18.3 Å². The Balaban J connectivity index is 1.23. The van der Waals surface area contributed by atoms with Gasteiger partial charge in [-0.15, -0.1) is 0 Å². The van der Waals surface area contributed by atoms with E-state index in [2.05, 4.69) is 41.7 Å². The van der Waals surface area contributed by atoms with Gasteiger partial charge in [0.25, 0.3) is 0 Å². The fourth-order valence-electron chi connectivity index (χ4n) is 3.29. The normalized spacial score (nSPS) is 10.5. The van der Waals surface area contributed by atoms with Crippen LogP contribution in [-0.2, 0) is 0 Å². The third-order valence-electron chi connectivity index (χ3n) is 4.89. The van der Waals surface area contributed by atoms with Crippen molar-refractivity contribution >= 4 is 23.0 Å². The lowest BCUT2D eigenvalue weighted by molar-refractivity contribution is 0.293. The van der Waals surface area contributed by atoms with Gasteiger partial charge in [-0.25, -0.2) is 0 Å². The summed E-state index contributed by atoms with van der Waals surface area (Å²) in [6.07, 6.45) is 5.59. The molecule has 0 aliphatic carbocycles. The van der Waals surface area contributed by atoms with Crippen LogP contribution >= 0.6 is 12.2 Å². The van der Waals surface area contributed by atoms with E-state index in [-0.39, 0.29) is 5.11 Å². The van der Waals surface area contributed by atoms with Crippen LogP contribution in [0.2, 0.25) is 0 Å². The van der Waals surface area contributed by atoms with Crippen molar-refractivity contribution in [1.82, 2.24) is 0 Å². The number of anilines is 1. The summed E-state index contributed by atoms with van der Waals surface area (Å²) in [6, 6.07) is 26.4. The first kappa shape index (κ1) is 22.6. The second-order valence-electron chi connectivity index (χ2n) is 7.37. The summed E-state index contributed by atoms with van der Waals surface area (Å²) in [7, 11) is 0. The van der Waals surface area contributed by atoms with Gasteiger partial charge in [-0.05, 0) is 60.5 Å². The summed E-state index contributed by atoms with van der Waals surface area (Å²) < 4.78 is 11.7. The zero-order valence-corrected chi connectivity index (χ0v) is 18.6. The van der Waals surface area contributed by atoms with Crippen LogP contribution in [0.15, 0.2) is 78.9 Å². The van der Waals surface area contributed by atoms with E-state index in [0.717, 1.165) is 49.5 Å². The van der Waals surface area contributed by atoms with Gasteiger partial charge in [-0.2, -0.15) is 0 Å². The summed E-state index contributed by atoms with van der Waals surface area (Å²) in [5.41, 5.74) is 8.78. The molecule has 3 aromatic rings. The van der Waals surface area contributed by atoms with Crippen molar-refractivity contribution in [3.05, 3.63) is 78.9 Å². The molecule has 5 heteroatoms. The van der Waals surface area contributed by atoms with Crippen molar-refractivity contribution in [2.24, 2.45) is 5.73 Å². The lowest BCUT2D eigenvalue weighted by Crippen LogP contribution is -2.18. The highest BCUT2D eigenvalue weighted by molar-refractivity contribution is 7.80. The molecule has 3 aromatic carbocycles. The minimum atomic E-state index is 0.255. The monoisotopic (exact) mass is 434 g/mol. The Bertz CT molecular complexity index is 930. The van der Waals surface area contributed by atoms with Crippen LogP contribution in [0.1, 0.15) is 32.1 Å². The molecule has 3 N–H and O–H groups in total. The quantitative estimate of drug-likeness (QED) is 0.254. The molecule has 4 nitrogen and oxygen atoms in total. The van der Waals surface area contributed by atoms with E-state index in [1.807, 2.05) is 42.5 Å². The maximum Gasteiger partial charge on any atom is 0.168 e. The number of unbranched alkanes of at least 4 members (excludes halogenated alkanes) is 4. The van der Waals surface area contributed by atoms with Gasteiger partial charge in [-0.1, -0.05) is 67.8 Å². The molecule has 0 saturated heterocycles. The summed E-state index contributed by atoms with van der Waals surface area (Å²) in [5, 5.41) is 3.17. The summed E-state index contributed by atoms with van der Waals surface area (Å²) >= 11 is 4.85. The predicted molar refractivity (Wildman–Crippen MR) is 133 cm³/mol. The Morgan fingerprint density at radius 3 is 1.97 bits per heavy atom. The minimum absolute atomic E-state index is 0.255. The van der Waals surface area contributed by atoms with Crippen molar-refractivity contribution in [2.45, 2.75) is 32.1 Å². The fourth-order valence-corrected chi connectivity index (χ4v) is 3.41. The van der Waals surface area contributed by atoms with Crippen molar-refractivity contribution < 1.29 is 9.47 Å². The number of nitrogens with two attached hydrogens (primary N) is 1. The highest BCUT2D eigenvalue weighted by atomic mass is 32.1. The zero-order valence-electron chi connectivity index (χ0n) is 17.8. The summed E-state index contributed by atoms with van der Waals surface area (Å²) in [6.45, 7) is 1.46. The molecule has 0 fully saturated rings. The average molecular weight is 435 g/mol. The molecule has 0 heterocycles. The van der Waals surface area contributed by atoms with E-state index in [4.69, 9.17) is 27.4 Å². The third kappa shape index (κ3) is 8.30. The highest BCUT2D eigenvalue weighted by Crippen LogP contribution is 2.22. The van der Waals surface area contributed by atoms with Crippen molar-refractivity contribution in [3.63, 3.8) is 0 Å². The van der Waals surface area contributed by atoms with Crippen LogP contribution in [0.4, 0.5) is 5.69 Å². The van der Waals surface area contributed by atoms with Crippen molar-refractivity contribution in [3.8, 4) is 22.6 Å². The summed E-state index contributed by atoms with van der Waals surface area (Å²) in [5.74, 6) is 1.76. The first-order valence-electron chi connectivity index (χ1n) is 10.8. The first-order valence-corrected chi connectivity index (χ1v) is 11.2. The molecular weight excluding hydrogens is 404 g/mol. The molecule has 0 aliphatic rings. The number of rotatable bonds is 12. The van der Waals surface area contributed by atoms with E-state index in [1.165, 1.54) is 17.5 Å². The average Bonchev–Trinajstić information content (AvgIpc) is 2.79. The van der Waals surface area contributed by atoms with Gasteiger partial charge in [-0.3, -0.25) is 0 Å². The molecule has 0 spiro atoms. The number of thiocarbonyl (C=S) groups is 1. The van der Waals surface area contributed by atoms with Gasteiger partial charge in [0.15, 0.2) is 5.11 Å². The van der Waals surface area contributed by atoms with E-state index in [1.54, 1.807) is 0 Å². The van der Waals surface area contributed by atoms with Crippen LogP contribution < -0.4 is 20.5 Å². The van der Waals surface area contributed by atoms with Crippen LogP contribution in [0.25, 0.3) is 11.1 Å². The molecule has 0 aliphatic heterocycles. The Morgan fingerprint density at radius 1 is 0.677 bits per heavy atom. The molecule has 3 rings (SSSR count). The molecule has 0 unspecified atom stereocenters. The van der Waals surface area contributed by atoms with E-state index >= 15 is 0 Å². The fraction of sp³-hybridized carbons (Fsp3) is 0.269. The van der Waals surface area contributed by atoms with Crippen LogP contribution in [0.3, 0.4) is 0 Å². The SMILES string of the molecule is NC(=S)Nc1cccc(OCCCCCCCOc2ccc(-c3ccccc3)cc2)c1. The highest BCUT2D eigenvalue weighted by Gasteiger charge is 2.00. The molecular formula is C26H30N2O2S. The lowest BCUT2D eigenvalue weighted by Gasteiger charge is -2.09. The molecule has 0 saturated carbocycles. The van der Waals surface area contributed by atoms with Gasteiger partial charge in [0, 0.05) is 11.8 Å². The van der Waals surface area contributed by atoms with Crippen LogP contribution in [0, 0.1) is 0 Å². The molecule has 0 atom stereocenters. The van der Waals surface area contributed by atoms with Crippen molar-refractivity contribution in [1.29, 1.82) is 0 Å². The van der Waals surface area contributed by atoms with Gasteiger partial charge < -0.3 is 20.5 Å². The second-order valence-corrected chi connectivity index (χ2v) is 7.81. The standard InChI is InChI=1S/C26H30N2O2S/c27-26(31)28-23-12-9-13-25(20-23)30-19-8-3-1-2-7-18-29-24-16-14-22(15-17-24)21-10-5-4-6-11-21/h4-6,9-17,20H,1-3,7-8,18-19H2,(H3,27,28,31). The molecule has 0 bridgehead atoms. The van der Waals surface area contributed by atoms with Crippen LogP contribution in [0.5, 0.6) is 11.5 Å². The van der Waals surface area contributed by atoms with Crippen molar-refractivity contribution in [2.75, 3.05) is 18.5 Å². The number of benzene rings is 3. The number of hydrogen-bond donors (Lipinski definition) is 2. The second kappa shape index (κ2) is 12.6. The third-order valence-corrected chi connectivity index (χ3v) is 4.99. The number of hydrogen-bond acceptors (Lipinski definition) is 3. The predicted octanol–water partition coefficient (Wildman–Crippen LogP) is 6.42. The van der Waals surface area contributed by atoms with Gasteiger partial charge in [0.2, 0.25) is 0 Å². The number of nitrogens with one attached hydrogen (secondary N) is 1. The number of ether oxygens (including phenoxy) is 2. The molecule has 0 aromatic heterocycles. The zero-order chi connectivity index (χ0) is 21.7. The summed E-state index contributed by atoms with van der Waals surface area (Å²) in [4.78, 5) is 0. The molecule has 0 radical (unpaired) electrons. The Hall–Kier alpha value is -3.05. The molecule has 0 amide bonds.